The van der Waals surface area contributed by atoms with E-state index in [1.54, 1.807) is 0 Å². The lowest BCUT2D eigenvalue weighted by Gasteiger charge is -2.15. The summed E-state index contributed by atoms with van der Waals surface area (Å²) >= 11 is 0. The highest BCUT2D eigenvalue weighted by Crippen LogP contribution is 2.18. The van der Waals surface area contributed by atoms with Crippen molar-refractivity contribution in [3.63, 3.8) is 0 Å². The molecular weight excluding hydrogens is 376 g/mol. The molecule has 0 amide bonds. The summed E-state index contributed by atoms with van der Waals surface area (Å²) < 4.78 is 0. The zero-order chi connectivity index (χ0) is 24.3. The monoisotopic (exact) mass is 443 g/mol. The van der Waals surface area contributed by atoms with Crippen LogP contribution in [-0.4, -0.2) is 5.78 Å². The van der Waals surface area contributed by atoms with Crippen LogP contribution in [0.1, 0.15) is 149 Å². The topological polar surface area (TPSA) is 17.1 Å². The van der Waals surface area contributed by atoms with Gasteiger partial charge in [-0.1, -0.05) is 117 Å². The lowest BCUT2D eigenvalue weighted by molar-refractivity contribution is -0.120. The van der Waals surface area contributed by atoms with E-state index in [0.29, 0.717) is 17.6 Å². The Labute approximate surface area is 201 Å². The maximum Gasteiger partial charge on any atom is 0.133 e. The predicted octanol–water partition coefficient (Wildman–Crippen LogP) is 10.9. The molecule has 0 aromatic rings. The van der Waals surface area contributed by atoms with Gasteiger partial charge in [0.05, 0.1) is 0 Å². The van der Waals surface area contributed by atoms with Crippen LogP contribution in [0.2, 0.25) is 0 Å². The summed E-state index contributed by atoms with van der Waals surface area (Å²) in [5, 5.41) is 0. The minimum Gasteiger partial charge on any atom is -0.300 e. The van der Waals surface area contributed by atoms with Crippen LogP contribution in [0.25, 0.3) is 0 Å². The zero-order valence-corrected chi connectivity index (χ0v) is 23.6. The summed E-state index contributed by atoms with van der Waals surface area (Å²) in [7, 11) is 0. The van der Waals surface area contributed by atoms with Crippen molar-refractivity contribution in [1.29, 1.82) is 0 Å². The van der Waals surface area contributed by atoms with Gasteiger partial charge in [0.1, 0.15) is 5.78 Å². The second kappa shape index (κ2) is 24.3. The summed E-state index contributed by atoms with van der Waals surface area (Å²) in [6.45, 7) is 29.2. The normalized spacial score (nSPS) is 11.1. The maximum atomic E-state index is 11.2. The standard InChI is InChI=1S/C10H20O.C10H22.C9H20.CH4/c1-8(2)5-6-10(11)7-9(3)4;1-8(2)6-10(5)7-9(3)4;1-8(2)6-5-7-9(3)4;/h8-9H,5-7H2,1-4H3;8-10H,6-7H2,1-5H3;8-9H,5-7H2,1-4H3;1H4. The van der Waals surface area contributed by atoms with Crippen molar-refractivity contribution in [2.24, 2.45) is 41.4 Å². The lowest BCUT2D eigenvalue weighted by atomic mass is 9.91. The number of Topliss-reactive ketones (excluding diaryl/α,β-unsaturated/α-hetero) is 1. The molecule has 0 spiro atoms. The first-order valence-corrected chi connectivity index (χ1v) is 13.2. The van der Waals surface area contributed by atoms with E-state index >= 15 is 0 Å². The first-order valence-electron chi connectivity index (χ1n) is 13.2. The number of carbonyl (C=O) groups excluding carboxylic acids is 1. The second-order valence-corrected chi connectivity index (χ2v) is 12.2. The van der Waals surface area contributed by atoms with Gasteiger partial charge in [0.25, 0.3) is 0 Å². The molecule has 1 nitrogen and oxygen atoms in total. The number of hydrogen-bond acceptors (Lipinski definition) is 1. The molecule has 1 heteroatoms. The van der Waals surface area contributed by atoms with E-state index in [-0.39, 0.29) is 7.43 Å². The summed E-state index contributed by atoms with van der Waals surface area (Å²) in [5.41, 5.74) is 0. The van der Waals surface area contributed by atoms with E-state index in [1.807, 2.05) is 0 Å². The quantitative estimate of drug-likeness (QED) is 0.277. The van der Waals surface area contributed by atoms with Crippen LogP contribution in [0.3, 0.4) is 0 Å². The maximum absolute atomic E-state index is 11.2. The van der Waals surface area contributed by atoms with Gasteiger partial charge in [-0.2, -0.15) is 0 Å². The fourth-order valence-corrected chi connectivity index (χ4v) is 3.65. The van der Waals surface area contributed by atoms with E-state index in [9.17, 15) is 4.79 Å². The average Bonchev–Trinajstić information content (AvgIpc) is 2.51. The molecule has 0 fully saturated rings. The van der Waals surface area contributed by atoms with Crippen molar-refractivity contribution in [3.05, 3.63) is 0 Å². The summed E-state index contributed by atoms with van der Waals surface area (Å²) in [5.74, 6) is 6.05. The molecule has 0 aromatic carbocycles. The minimum atomic E-state index is 0. The van der Waals surface area contributed by atoms with Crippen molar-refractivity contribution < 1.29 is 4.79 Å². The molecule has 0 saturated carbocycles. The molecule has 0 bridgehead atoms. The van der Waals surface area contributed by atoms with Crippen LogP contribution in [0.5, 0.6) is 0 Å². The Morgan fingerprint density at radius 1 is 0.516 bits per heavy atom. The van der Waals surface area contributed by atoms with Gasteiger partial charge in [-0.25, -0.2) is 0 Å². The van der Waals surface area contributed by atoms with Gasteiger partial charge < -0.3 is 0 Å². The van der Waals surface area contributed by atoms with Gasteiger partial charge in [-0.15, -0.1) is 0 Å². The molecule has 0 radical (unpaired) electrons. The number of carbonyl (C=O) groups is 1. The Bertz CT molecular complexity index is 331. The highest BCUT2D eigenvalue weighted by atomic mass is 16.1. The van der Waals surface area contributed by atoms with Crippen LogP contribution in [-0.2, 0) is 4.79 Å². The molecule has 0 unspecified atom stereocenters. The second-order valence-electron chi connectivity index (χ2n) is 12.2. The highest BCUT2D eigenvalue weighted by molar-refractivity contribution is 5.78. The Kier molecular flexibility index (Phi) is 29.8. The van der Waals surface area contributed by atoms with Gasteiger partial charge in [0.15, 0.2) is 0 Å². The third-order valence-electron chi connectivity index (χ3n) is 4.95. The molecular formula is C30H66O. The third kappa shape index (κ3) is 44.2. The highest BCUT2D eigenvalue weighted by Gasteiger charge is 2.06. The molecule has 0 aromatic heterocycles. The molecule has 192 valence electrons. The van der Waals surface area contributed by atoms with Gasteiger partial charge in [-0.05, 0) is 60.7 Å². The molecule has 0 N–H and O–H groups in total. The molecule has 0 aliphatic heterocycles. The lowest BCUT2D eigenvalue weighted by Crippen LogP contribution is -2.03. The van der Waals surface area contributed by atoms with Crippen molar-refractivity contribution in [2.75, 3.05) is 0 Å². The van der Waals surface area contributed by atoms with Crippen molar-refractivity contribution in [1.82, 2.24) is 0 Å². The third-order valence-corrected chi connectivity index (χ3v) is 4.95. The fraction of sp³-hybridized carbons (Fsp3) is 0.967. The molecule has 0 rings (SSSR count). The van der Waals surface area contributed by atoms with Crippen molar-refractivity contribution in [2.45, 2.75) is 149 Å². The summed E-state index contributed by atoms with van der Waals surface area (Å²) in [6.07, 6.45) is 9.57. The van der Waals surface area contributed by atoms with Crippen LogP contribution in [0, 0.1) is 41.4 Å². The number of ketones is 1. The Morgan fingerprint density at radius 2 is 0.871 bits per heavy atom. The SMILES string of the molecule is C.CC(C)CC(C)CC(C)C.CC(C)CCC(=O)CC(C)C.CC(C)CCCC(C)C. The van der Waals surface area contributed by atoms with E-state index in [2.05, 4.69) is 90.0 Å². The van der Waals surface area contributed by atoms with Gasteiger partial charge in [0.2, 0.25) is 0 Å². The van der Waals surface area contributed by atoms with Crippen molar-refractivity contribution >= 4 is 5.78 Å². The molecule has 0 aliphatic carbocycles. The summed E-state index contributed by atoms with van der Waals surface area (Å²) in [6, 6.07) is 0. The van der Waals surface area contributed by atoms with Gasteiger partial charge in [0, 0.05) is 12.8 Å². The van der Waals surface area contributed by atoms with E-state index in [1.165, 1.54) is 32.1 Å². The number of hydrogen-bond donors (Lipinski definition) is 0. The number of rotatable bonds is 13. The average molecular weight is 443 g/mol. The Morgan fingerprint density at radius 3 is 1.13 bits per heavy atom. The van der Waals surface area contributed by atoms with E-state index in [0.717, 1.165) is 48.9 Å². The Balaban J connectivity index is -0.000000174. The smallest absolute Gasteiger partial charge is 0.133 e. The first-order chi connectivity index (χ1) is 13.7. The van der Waals surface area contributed by atoms with E-state index in [4.69, 9.17) is 0 Å². The summed E-state index contributed by atoms with van der Waals surface area (Å²) in [4.78, 5) is 11.2. The van der Waals surface area contributed by atoms with E-state index < -0.39 is 0 Å². The molecule has 31 heavy (non-hydrogen) atoms. The molecule has 0 heterocycles. The first kappa shape index (κ1) is 38.0. The zero-order valence-electron chi connectivity index (χ0n) is 23.6. The molecule has 0 aliphatic rings. The van der Waals surface area contributed by atoms with Crippen molar-refractivity contribution in [3.8, 4) is 0 Å². The largest absolute Gasteiger partial charge is 0.300 e. The van der Waals surface area contributed by atoms with Crippen LogP contribution in [0.4, 0.5) is 0 Å². The van der Waals surface area contributed by atoms with Crippen LogP contribution < -0.4 is 0 Å². The Hall–Kier alpha value is -0.330. The molecule has 0 saturated heterocycles. The fourth-order valence-electron chi connectivity index (χ4n) is 3.65. The molecule has 0 atom stereocenters. The van der Waals surface area contributed by atoms with Crippen LogP contribution in [0.15, 0.2) is 0 Å². The van der Waals surface area contributed by atoms with Gasteiger partial charge >= 0.3 is 0 Å². The van der Waals surface area contributed by atoms with Crippen LogP contribution >= 0.6 is 0 Å². The van der Waals surface area contributed by atoms with Gasteiger partial charge in [-0.3, -0.25) is 4.79 Å². The predicted molar refractivity (Wildman–Crippen MR) is 147 cm³/mol. The minimum absolute atomic E-state index is 0.